The molecule has 0 unspecified atom stereocenters. The van der Waals surface area contributed by atoms with E-state index in [4.69, 9.17) is 42.4 Å². The highest BCUT2D eigenvalue weighted by Gasteiger charge is 2.35. The molecule has 1 aliphatic heterocycles. The number of carbonyl (C=O) groups is 1. The van der Waals surface area contributed by atoms with Crippen molar-refractivity contribution < 1.29 is 19.0 Å². The summed E-state index contributed by atoms with van der Waals surface area (Å²) in [5.41, 5.74) is 3.51. The van der Waals surface area contributed by atoms with Crippen LogP contribution in [0.3, 0.4) is 0 Å². The van der Waals surface area contributed by atoms with Crippen molar-refractivity contribution in [3.63, 3.8) is 0 Å². The van der Waals surface area contributed by atoms with Crippen molar-refractivity contribution in [3.8, 4) is 11.5 Å². The van der Waals surface area contributed by atoms with Crippen LogP contribution in [0.15, 0.2) is 112 Å². The third kappa shape index (κ3) is 6.37. The molecule has 0 saturated carbocycles. The van der Waals surface area contributed by atoms with Gasteiger partial charge in [0.1, 0.15) is 6.61 Å². The molecule has 46 heavy (non-hydrogen) atoms. The van der Waals surface area contributed by atoms with Gasteiger partial charge in [-0.25, -0.2) is 9.79 Å². The second-order valence-electron chi connectivity index (χ2n) is 10.3. The number of ether oxygens (including phenoxy) is 3. The number of halogens is 2. The zero-order chi connectivity index (χ0) is 32.2. The maximum atomic E-state index is 14.2. The SMILES string of the molecule is CCOC(=O)C1=C(c2ccccc2)N=c2s/c(=C\c3cc(Cl)c(OCc4ccc(Cl)cc4)c(OC)c3)c(=O)n2[C@@H]1c1ccccc1. The molecule has 232 valence electrons. The fourth-order valence-corrected chi connectivity index (χ4v) is 6.64. The Balaban J connectivity index is 1.48. The highest BCUT2D eigenvalue weighted by Crippen LogP contribution is 2.38. The molecule has 5 aromatic rings. The molecule has 1 atom stereocenters. The lowest BCUT2D eigenvalue weighted by Crippen LogP contribution is -2.39. The lowest BCUT2D eigenvalue weighted by atomic mass is 9.93. The second kappa shape index (κ2) is 13.8. The van der Waals surface area contributed by atoms with E-state index in [2.05, 4.69) is 0 Å². The number of thiazole rings is 1. The van der Waals surface area contributed by atoms with E-state index in [1.54, 1.807) is 41.8 Å². The van der Waals surface area contributed by atoms with Gasteiger partial charge in [0, 0.05) is 10.6 Å². The van der Waals surface area contributed by atoms with Gasteiger partial charge in [-0.1, -0.05) is 107 Å². The summed E-state index contributed by atoms with van der Waals surface area (Å²) in [5, 5.41) is 0.961. The van der Waals surface area contributed by atoms with Gasteiger partial charge in [-0.3, -0.25) is 9.36 Å². The summed E-state index contributed by atoms with van der Waals surface area (Å²) in [6.45, 7) is 2.19. The van der Waals surface area contributed by atoms with E-state index in [9.17, 15) is 9.59 Å². The Kier molecular flexibility index (Phi) is 9.40. The number of hydrogen-bond donors (Lipinski definition) is 0. The molecule has 10 heteroatoms. The molecule has 4 aromatic carbocycles. The van der Waals surface area contributed by atoms with Gasteiger partial charge >= 0.3 is 5.97 Å². The van der Waals surface area contributed by atoms with E-state index in [0.717, 1.165) is 16.7 Å². The Morgan fingerprint density at radius 1 is 0.978 bits per heavy atom. The van der Waals surface area contributed by atoms with Crippen molar-refractivity contribution in [2.75, 3.05) is 13.7 Å². The van der Waals surface area contributed by atoms with Gasteiger partial charge in [0.05, 0.1) is 40.6 Å². The average Bonchev–Trinajstić information content (AvgIpc) is 3.38. The Bertz CT molecular complexity index is 2110. The van der Waals surface area contributed by atoms with Crippen LogP contribution in [0.25, 0.3) is 11.8 Å². The summed E-state index contributed by atoms with van der Waals surface area (Å²) in [7, 11) is 1.53. The minimum Gasteiger partial charge on any atom is -0.493 e. The number of methoxy groups -OCH3 is 1. The van der Waals surface area contributed by atoms with E-state index in [-0.39, 0.29) is 18.8 Å². The van der Waals surface area contributed by atoms with Crippen LogP contribution in [0.4, 0.5) is 0 Å². The van der Waals surface area contributed by atoms with Crippen molar-refractivity contribution in [1.82, 2.24) is 4.57 Å². The Labute approximate surface area is 279 Å². The minimum atomic E-state index is -0.754. The second-order valence-corrected chi connectivity index (χ2v) is 12.1. The van der Waals surface area contributed by atoms with Gasteiger partial charge in [-0.05, 0) is 54.0 Å². The molecule has 1 aromatic heterocycles. The normalized spacial score (nSPS) is 14.4. The smallest absolute Gasteiger partial charge is 0.338 e. The predicted molar refractivity (Wildman–Crippen MR) is 181 cm³/mol. The summed E-state index contributed by atoms with van der Waals surface area (Å²) in [6, 6.07) is 28.9. The molecule has 1 aliphatic rings. The van der Waals surface area contributed by atoms with E-state index >= 15 is 0 Å². The number of nitrogens with zero attached hydrogens (tertiary/aromatic N) is 2. The Morgan fingerprint density at radius 3 is 2.35 bits per heavy atom. The molecular weight excluding hydrogens is 643 g/mol. The zero-order valence-electron chi connectivity index (χ0n) is 24.9. The highest BCUT2D eigenvalue weighted by atomic mass is 35.5. The van der Waals surface area contributed by atoms with Crippen molar-refractivity contribution in [3.05, 3.63) is 155 Å². The van der Waals surface area contributed by atoms with Crippen LogP contribution in [0.5, 0.6) is 11.5 Å². The summed E-state index contributed by atoms with van der Waals surface area (Å²) in [5.74, 6) is 0.269. The standard InChI is InChI=1S/C36H28Cl2N2O5S/c1-3-44-35(42)30-31(24-10-6-4-7-11-24)39-36-40(32(30)25-12-8-5-9-13-25)34(41)29(46-36)20-23-18-27(38)33(28(19-23)43-2)45-21-22-14-16-26(37)17-15-22/h4-20,32H,3,21H2,1-2H3/b29-20-/t32-/m1/s1. The molecule has 6 rings (SSSR count). The zero-order valence-corrected chi connectivity index (χ0v) is 27.2. The number of hydrogen-bond acceptors (Lipinski definition) is 7. The largest absolute Gasteiger partial charge is 0.493 e. The van der Waals surface area contributed by atoms with Crippen molar-refractivity contribution >= 4 is 52.3 Å². The van der Waals surface area contributed by atoms with Gasteiger partial charge < -0.3 is 14.2 Å². The van der Waals surface area contributed by atoms with Crippen LogP contribution < -0.4 is 24.4 Å². The van der Waals surface area contributed by atoms with Gasteiger partial charge in [0.15, 0.2) is 16.3 Å². The molecule has 0 radical (unpaired) electrons. The fraction of sp³-hybridized carbons (Fsp3) is 0.139. The number of rotatable bonds is 9. The van der Waals surface area contributed by atoms with Crippen LogP contribution in [0.2, 0.25) is 10.0 Å². The number of carbonyl (C=O) groups excluding carboxylic acids is 1. The lowest BCUT2D eigenvalue weighted by Gasteiger charge is -2.25. The monoisotopic (exact) mass is 670 g/mol. The van der Waals surface area contributed by atoms with Gasteiger partial charge in [0.2, 0.25) is 0 Å². The average molecular weight is 672 g/mol. The first kappa shape index (κ1) is 31.4. The van der Waals surface area contributed by atoms with Gasteiger partial charge in [-0.15, -0.1) is 0 Å². The topological polar surface area (TPSA) is 79.1 Å². The highest BCUT2D eigenvalue weighted by molar-refractivity contribution is 7.07. The third-order valence-electron chi connectivity index (χ3n) is 7.33. The van der Waals surface area contributed by atoms with E-state index < -0.39 is 12.0 Å². The first-order valence-corrected chi connectivity index (χ1v) is 16.0. The molecule has 0 aliphatic carbocycles. The van der Waals surface area contributed by atoms with E-state index in [1.165, 1.54) is 18.4 Å². The Hall–Kier alpha value is -4.63. The van der Waals surface area contributed by atoms with Crippen molar-refractivity contribution in [2.45, 2.75) is 19.6 Å². The number of esters is 1. The fourth-order valence-electron chi connectivity index (χ4n) is 5.24. The first-order chi connectivity index (χ1) is 22.4. The number of benzene rings is 4. The summed E-state index contributed by atoms with van der Waals surface area (Å²) in [6.07, 6.45) is 1.74. The van der Waals surface area contributed by atoms with Gasteiger partial charge in [-0.2, -0.15) is 0 Å². The molecule has 2 heterocycles. The lowest BCUT2D eigenvalue weighted by molar-refractivity contribution is -0.138. The van der Waals surface area contributed by atoms with Crippen LogP contribution in [0.1, 0.15) is 35.2 Å². The van der Waals surface area contributed by atoms with E-state index in [0.29, 0.717) is 47.7 Å². The Morgan fingerprint density at radius 2 is 1.67 bits per heavy atom. The number of aromatic nitrogens is 1. The van der Waals surface area contributed by atoms with Crippen molar-refractivity contribution in [1.29, 1.82) is 0 Å². The summed E-state index contributed by atoms with van der Waals surface area (Å²) >= 11 is 13.9. The number of fused-ring (bicyclic) bond motifs is 1. The van der Waals surface area contributed by atoms with Gasteiger partial charge in [0.25, 0.3) is 5.56 Å². The molecule has 0 fully saturated rings. The predicted octanol–water partition coefficient (Wildman–Crippen LogP) is 6.83. The molecule has 0 saturated heterocycles. The molecule has 7 nitrogen and oxygen atoms in total. The van der Waals surface area contributed by atoms with Crippen molar-refractivity contribution in [2.24, 2.45) is 4.99 Å². The molecule has 0 spiro atoms. The van der Waals surface area contributed by atoms with Crippen LogP contribution in [-0.2, 0) is 16.1 Å². The maximum Gasteiger partial charge on any atom is 0.338 e. The molecule has 0 N–H and O–H groups in total. The van der Waals surface area contributed by atoms with Crippen LogP contribution in [-0.4, -0.2) is 24.3 Å². The molecule has 0 bridgehead atoms. The van der Waals surface area contributed by atoms with Crippen LogP contribution in [0, 0.1) is 0 Å². The van der Waals surface area contributed by atoms with E-state index in [1.807, 2.05) is 72.8 Å². The third-order valence-corrected chi connectivity index (χ3v) is 8.85. The molecular formula is C36H28Cl2N2O5S. The summed E-state index contributed by atoms with van der Waals surface area (Å²) < 4.78 is 19.1. The maximum absolute atomic E-state index is 14.2. The molecule has 0 amide bonds. The van der Waals surface area contributed by atoms with Crippen LogP contribution >= 0.6 is 34.5 Å². The quantitative estimate of drug-likeness (QED) is 0.161. The first-order valence-electron chi connectivity index (χ1n) is 14.5. The summed E-state index contributed by atoms with van der Waals surface area (Å²) in [4.78, 5) is 33.1. The minimum absolute atomic E-state index is 0.179.